The van der Waals surface area contributed by atoms with Crippen molar-refractivity contribution < 1.29 is 9.21 Å². The Hall–Kier alpha value is -3.85. The number of amides is 1. The van der Waals surface area contributed by atoms with Crippen molar-refractivity contribution in [3.8, 4) is 0 Å². The number of hydrogen-bond donors (Lipinski definition) is 0. The highest BCUT2D eigenvalue weighted by atomic mass is 16.3. The van der Waals surface area contributed by atoms with Gasteiger partial charge in [-0.15, -0.1) is 0 Å². The van der Waals surface area contributed by atoms with Crippen LogP contribution in [-0.4, -0.2) is 17.4 Å². The first-order valence-electron chi connectivity index (χ1n) is 10.8. The summed E-state index contributed by atoms with van der Waals surface area (Å²) in [6, 6.07) is 33.9. The van der Waals surface area contributed by atoms with Gasteiger partial charge in [-0.25, -0.2) is 0 Å². The van der Waals surface area contributed by atoms with Crippen LogP contribution in [0, 0.1) is 0 Å². The van der Waals surface area contributed by atoms with Gasteiger partial charge >= 0.3 is 0 Å². The van der Waals surface area contributed by atoms with Crippen LogP contribution in [0.3, 0.4) is 0 Å². The molecule has 32 heavy (non-hydrogen) atoms. The van der Waals surface area contributed by atoms with E-state index in [1.807, 2.05) is 95.9 Å². The highest BCUT2D eigenvalue weighted by molar-refractivity contribution is 5.87. The largest absolute Gasteiger partial charge is 0.467 e. The van der Waals surface area contributed by atoms with Gasteiger partial charge in [-0.1, -0.05) is 103 Å². The van der Waals surface area contributed by atoms with E-state index in [-0.39, 0.29) is 11.8 Å². The summed E-state index contributed by atoms with van der Waals surface area (Å²) in [4.78, 5) is 15.9. The molecule has 0 aliphatic heterocycles. The van der Waals surface area contributed by atoms with Crippen molar-refractivity contribution in [3.05, 3.63) is 137 Å². The normalized spacial score (nSPS) is 11.5. The molecular weight excluding hydrogens is 394 g/mol. The van der Waals surface area contributed by atoms with Crippen molar-refractivity contribution in [1.29, 1.82) is 0 Å². The maximum atomic E-state index is 14.0. The molecule has 0 atom stereocenters. The lowest BCUT2D eigenvalue weighted by molar-refractivity contribution is -0.132. The molecule has 4 aromatic rings. The minimum atomic E-state index is -0.378. The second-order valence-electron chi connectivity index (χ2n) is 7.93. The molecule has 0 fully saturated rings. The monoisotopic (exact) mass is 421 g/mol. The van der Waals surface area contributed by atoms with Gasteiger partial charge in [0.05, 0.1) is 18.7 Å². The Kier molecular flexibility index (Phi) is 6.98. The molecule has 1 amide bonds. The minimum absolute atomic E-state index is 0.0552. The first-order valence-corrected chi connectivity index (χ1v) is 10.8. The van der Waals surface area contributed by atoms with Gasteiger partial charge < -0.3 is 9.32 Å². The number of carbonyl (C=O) groups excluding carboxylic acids is 1. The van der Waals surface area contributed by atoms with E-state index in [2.05, 4.69) is 25.1 Å². The third kappa shape index (κ3) is 5.44. The molecule has 0 N–H and O–H groups in total. The quantitative estimate of drug-likeness (QED) is 0.323. The summed E-state index contributed by atoms with van der Waals surface area (Å²) in [6.07, 6.45) is 3.78. The lowest BCUT2D eigenvalue weighted by Crippen LogP contribution is -2.36. The Morgan fingerprint density at radius 2 is 1.38 bits per heavy atom. The highest BCUT2D eigenvalue weighted by Gasteiger charge is 2.28. The number of hydrogen-bond acceptors (Lipinski definition) is 2. The molecule has 0 saturated heterocycles. The third-order valence-electron chi connectivity index (χ3n) is 5.40. The number of nitrogens with zero attached hydrogens (tertiary/aromatic N) is 1. The summed E-state index contributed by atoms with van der Waals surface area (Å²) in [5.41, 5.74) is 4.20. The van der Waals surface area contributed by atoms with E-state index in [0.29, 0.717) is 13.1 Å². The van der Waals surface area contributed by atoms with Crippen molar-refractivity contribution in [2.24, 2.45) is 0 Å². The van der Waals surface area contributed by atoms with Crippen LogP contribution in [-0.2, 0) is 11.3 Å². The standard InChI is InChI=1S/C29H27NO2/c1-23(20-24-12-5-2-6-13-24)21-30(22-27-18-11-19-32-27)29(31)28(25-14-7-3-8-15-25)26-16-9-4-10-17-26/h2-20,28H,21-22H2,1H3. The van der Waals surface area contributed by atoms with Gasteiger partial charge in [-0.2, -0.15) is 0 Å². The molecule has 0 bridgehead atoms. The van der Waals surface area contributed by atoms with Crippen LogP contribution in [0.1, 0.15) is 35.3 Å². The SMILES string of the molecule is CC(=Cc1ccccc1)CN(Cc1ccco1)C(=O)C(c1ccccc1)c1ccccc1. The molecule has 160 valence electrons. The zero-order valence-corrected chi connectivity index (χ0v) is 18.2. The molecule has 1 heterocycles. The van der Waals surface area contributed by atoms with E-state index in [1.165, 1.54) is 0 Å². The van der Waals surface area contributed by atoms with Crippen molar-refractivity contribution in [2.75, 3.05) is 6.54 Å². The first kappa shape index (κ1) is 21.4. The Labute approximate surface area is 189 Å². The summed E-state index contributed by atoms with van der Waals surface area (Å²) in [6.45, 7) is 3.00. The van der Waals surface area contributed by atoms with E-state index in [4.69, 9.17) is 4.42 Å². The maximum absolute atomic E-state index is 14.0. The van der Waals surface area contributed by atoms with Crippen LogP contribution >= 0.6 is 0 Å². The molecule has 1 aromatic heterocycles. The molecule has 0 saturated carbocycles. The molecule has 4 rings (SSSR count). The second kappa shape index (κ2) is 10.5. The molecule has 0 unspecified atom stereocenters. The fourth-order valence-electron chi connectivity index (χ4n) is 3.93. The molecule has 0 aliphatic rings. The topological polar surface area (TPSA) is 33.5 Å². The van der Waals surface area contributed by atoms with Crippen molar-refractivity contribution in [3.63, 3.8) is 0 Å². The average molecular weight is 422 g/mol. The van der Waals surface area contributed by atoms with E-state index in [0.717, 1.165) is 28.0 Å². The van der Waals surface area contributed by atoms with Gasteiger partial charge in [0.1, 0.15) is 5.76 Å². The van der Waals surface area contributed by atoms with Gasteiger partial charge in [0, 0.05) is 6.54 Å². The molecule has 3 aromatic carbocycles. The molecule has 0 spiro atoms. The van der Waals surface area contributed by atoms with E-state index in [9.17, 15) is 4.79 Å². The summed E-state index contributed by atoms with van der Waals surface area (Å²) in [7, 11) is 0. The fraction of sp³-hybridized carbons (Fsp3) is 0.138. The Bertz CT molecular complexity index is 1090. The number of benzene rings is 3. The molecule has 3 nitrogen and oxygen atoms in total. The van der Waals surface area contributed by atoms with Gasteiger partial charge in [0.2, 0.25) is 5.91 Å². The van der Waals surface area contributed by atoms with Gasteiger partial charge in [0.15, 0.2) is 0 Å². The first-order chi connectivity index (χ1) is 15.7. The van der Waals surface area contributed by atoms with Gasteiger partial charge in [-0.05, 0) is 35.7 Å². The zero-order chi connectivity index (χ0) is 22.2. The van der Waals surface area contributed by atoms with Crippen molar-refractivity contribution in [2.45, 2.75) is 19.4 Å². The van der Waals surface area contributed by atoms with Crippen molar-refractivity contribution in [1.82, 2.24) is 4.90 Å². The number of furan rings is 1. The predicted octanol–water partition coefficient (Wildman–Crippen LogP) is 6.54. The predicted molar refractivity (Wildman–Crippen MR) is 129 cm³/mol. The molecule has 3 heteroatoms. The number of carbonyl (C=O) groups is 1. The van der Waals surface area contributed by atoms with Crippen LogP contribution in [0.25, 0.3) is 6.08 Å². The summed E-state index contributed by atoms with van der Waals surface area (Å²) >= 11 is 0. The van der Waals surface area contributed by atoms with Crippen LogP contribution in [0.5, 0.6) is 0 Å². The minimum Gasteiger partial charge on any atom is -0.467 e. The van der Waals surface area contributed by atoms with E-state index < -0.39 is 0 Å². The zero-order valence-electron chi connectivity index (χ0n) is 18.2. The second-order valence-corrected chi connectivity index (χ2v) is 7.93. The molecule has 0 radical (unpaired) electrons. The fourth-order valence-corrected chi connectivity index (χ4v) is 3.93. The lowest BCUT2D eigenvalue weighted by Gasteiger charge is -2.28. The molecular formula is C29H27NO2. The Morgan fingerprint density at radius 3 is 1.91 bits per heavy atom. The smallest absolute Gasteiger partial charge is 0.235 e. The third-order valence-corrected chi connectivity index (χ3v) is 5.40. The van der Waals surface area contributed by atoms with E-state index >= 15 is 0 Å². The van der Waals surface area contributed by atoms with Gasteiger partial charge in [-0.3, -0.25) is 4.79 Å². The Balaban J connectivity index is 1.68. The van der Waals surface area contributed by atoms with E-state index in [1.54, 1.807) is 6.26 Å². The summed E-state index contributed by atoms with van der Waals surface area (Å²) < 4.78 is 5.59. The van der Waals surface area contributed by atoms with Crippen molar-refractivity contribution >= 4 is 12.0 Å². The summed E-state index contributed by atoms with van der Waals surface area (Å²) in [5.74, 6) is 0.447. The van der Waals surface area contributed by atoms with Gasteiger partial charge in [0.25, 0.3) is 0 Å². The highest BCUT2D eigenvalue weighted by Crippen LogP contribution is 2.28. The number of rotatable bonds is 8. The Morgan fingerprint density at radius 1 is 0.812 bits per heavy atom. The van der Waals surface area contributed by atoms with Crippen LogP contribution in [0.4, 0.5) is 0 Å². The lowest BCUT2D eigenvalue weighted by atomic mass is 9.89. The summed E-state index contributed by atoms with van der Waals surface area (Å²) in [5, 5.41) is 0. The molecule has 0 aliphatic carbocycles. The van der Waals surface area contributed by atoms with Crippen LogP contribution in [0.2, 0.25) is 0 Å². The van der Waals surface area contributed by atoms with Crippen LogP contribution < -0.4 is 0 Å². The van der Waals surface area contributed by atoms with Crippen LogP contribution in [0.15, 0.2) is 119 Å². The maximum Gasteiger partial charge on any atom is 0.235 e. The average Bonchev–Trinajstić information content (AvgIpc) is 3.34.